The Labute approximate surface area is 142 Å². The average Bonchev–Trinajstić information content (AvgIpc) is 2.90. The summed E-state index contributed by atoms with van der Waals surface area (Å²) in [5.74, 6) is 5.42. The van der Waals surface area contributed by atoms with Gasteiger partial charge in [-0.25, -0.2) is 0 Å². The first kappa shape index (κ1) is 16.2. The van der Waals surface area contributed by atoms with E-state index in [1.807, 2.05) is 6.92 Å². The Morgan fingerprint density at radius 1 is 1.04 bits per heavy atom. The maximum absolute atomic E-state index is 10.1. The maximum Gasteiger partial charge on any atom is 0.0540 e. The van der Waals surface area contributed by atoms with E-state index in [1.54, 1.807) is 5.57 Å². The van der Waals surface area contributed by atoms with Gasteiger partial charge in [0.1, 0.15) is 0 Å². The molecular formula is C22H36O. The van der Waals surface area contributed by atoms with Crippen molar-refractivity contribution in [2.45, 2.75) is 84.7 Å². The molecule has 0 spiro atoms. The van der Waals surface area contributed by atoms with Crippen molar-refractivity contribution in [3.63, 3.8) is 0 Å². The fourth-order valence-electron chi connectivity index (χ4n) is 7.62. The molecule has 4 aliphatic rings. The van der Waals surface area contributed by atoms with Gasteiger partial charge < -0.3 is 5.11 Å². The first-order valence-electron chi connectivity index (χ1n) is 10.4. The third-order valence-corrected chi connectivity index (χ3v) is 8.88. The van der Waals surface area contributed by atoms with E-state index in [4.69, 9.17) is 0 Å². The molecule has 0 aromatic heterocycles. The van der Waals surface area contributed by atoms with Crippen LogP contribution in [0.2, 0.25) is 0 Å². The zero-order valence-electron chi connectivity index (χ0n) is 15.4. The molecule has 0 aliphatic heterocycles. The van der Waals surface area contributed by atoms with Crippen LogP contribution in [-0.2, 0) is 0 Å². The van der Waals surface area contributed by atoms with Crippen LogP contribution in [0.3, 0.4) is 0 Å². The van der Waals surface area contributed by atoms with Crippen molar-refractivity contribution >= 4 is 0 Å². The second kappa shape index (κ2) is 5.90. The molecule has 0 radical (unpaired) electrons. The van der Waals surface area contributed by atoms with Gasteiger partial charge in [0.05, 0.1) is 6.10 Å². The standard InChI is InChI=1S/C22H36O/c1-4-17-8-10-21-19-9-7-15-5-6-16(14(2)23)13-20(15)18(19)11-12-22(17,21)3/h4,14-16,18-21,23H,5-13H2,1-3H3/b17-4-/t14?,15-,16?,18+,19-,20+,21+,22-/m1/s1. The second-order valence-corrected chi connectivity index (χ2v) is 9.56. The Hall–Kier alpha value is -0.300. The van der Waals surface area contributed by atoms with Crippen LogP contribution in [0.25, 0.3) is 0 Å². The summed E-state index contributed by atoms with van der Waals surface area (Å²) >= 11 is 0. The summed E-state index contributed by atoms with van der Waals surface area (Å²) in [6.45, 7) is 6.88. The zero-order chi connectivity index (χ0) is 16.2. The number of hydrogen-bond donors (Lipinski definition) is 1. The first-order chi connectivity index (χ1) is 11.0. The fraction of sp³-hybridized carbons (Fsp3) is 0.909. The highest BCUT2D eigenvalue weighted by molar-refractivity contribution is 5.23. The number of fused-ring (bicyclic) bond motifs is 5. The van der Waals surface area contributed by atoms with E-state index >= 15 is 0 Å². The molecule has 0 aromatic rings. The molecule has 130 valence electrons. The fourth-order valence-corrected chi connectivity index (χ4v) is 7.62. The molecule has 8 atom stereocenters. The van der Waals surface area contributed by atoms with Gasteiger partial charge in [-0.15, -0.1) is 0 Å². The van der Waals surface area contributed by atoms with Crippen molar-refractivity contribution in [1.29, 1.82) is 0 Å². The Morgan fingerprint density at radius 3 is 2.57 bits per heavy atom. The molecule has 4 aliphatic carbocycles. The molecule has 1 nitrogen and oxygen atoms in total. The van der Waals surface area contributed by atoms with Crippen molar-refractivity contribution < 1.29 is 5.11 Å². The highest BCUT2D eigenvalue weighted by Gasteiger charge is 2.55. The van der Waals surface area contributed by atoms with E-state index < -0.39 is 0 Å². The molecule has 0 heterocycles. The number of aliphatic hydroxyl groups excluding tert-OH is 1. The van der Waals surface area contributed by atoms with Crippen LogP contribution in [0.5, 0.6) is 0 Å². The molecule has 2 unspecified atom stereocenters. The minimum absolute atomic E-state index is 0.0914. The summed E-state index contributed by atoms with van der Waals surface area (Å²) in [6, 6.07) is 0. The van der Waals surface area contributed by atoms with Crippen LogP contribution in [-0.4, -0.2) is 11.2 Å². The molecular weight excluding hydrogens is 280 g/mol. The summed E-state index contributed by atoms with van der Waals surface area (Å²) in [5, 5.41) is 10.1. The summed E-state index contributed by atoms with van der Waals surface area (Å²) in [6.07, 6.45) is 15.0. The van der Waals surface area contributed by atoms with E-state index in [9.17, 15) is 5.11 Å². The van der Waals surface area contributed by atoms with E-state index in [0.29, 0.717) is 11.3 Å². The van der Waals surface area contributed by atoms with Crippen LogP contribution in [0.4, 0.5) is 0 Å². The van der Waals surface area contributed by atoms with Crippen LogP contribution in [0, 0.1) is 40.9 Å². The second-order valence-electron chi connectivity index (χ2n) is 9.56. The first-order valence-corrected chi connectivity index (χ1v) is 10.4. The average molecular weight is 317 g/mol. The third kappa shape index (κ3) is 2.44. The van der Waals surface area contributed by atoms with Crippen molar-refractivity contribution in [2.24, 2.45) is 40.9 Å². The minimum Gasteiger partial charge on any atom is -0.393 e. The van der Waals surface area contributed by atoms with Crippen LogP contribution >= 0.6 is 0 Å². The monoisotopic (exact) mass is 316 g/mol. The molecule has 23 heavy (non-hydrogen) atoms. The molecule has 0 aromatic carbocycles. The highest BCUT2D eigenvalue weighted by atomic mass is 16.3. The van der Waals surface area contributed by atoms with E-state index in [-0.39, 0.29) is 6.10 Å². The molecule has 1 heteroatoms. The summed E-state index contributed by atoms with van der Waals surface area (Å²) in [4.78, 5) is 0. The molecule has 4 saturated carbocycles. The summed E-state index contributed by atoms with van der Waals surface area (Å²) in [5.41, 5.74) is 2.30. The van der Waals surface area contributed by atoms with E-state index in [1.165, 1.54) is 57.8 Å². The third-order valence-electron chi connectivity index (χ3n) is 8.88. The van der Waals surface area contributed by atoms with Gasteiger partial charge in [-0.05, 0) is 113 Å². The molecule has 4 fully saturated rings. The molecule has 0 bridgehead atoms. The van der Waals surface area contributed by atoms with Gasteiger partial charge >= 0.3 is 0 Å². The number of rotatable bonds is 1. The van der Waals surface area contributed by atoms with Gasteiger partial charge in [0.25, 0.3) is 0 Å². The lowest BCUT2D eigenvalue weighted by Crippen LogP contribution is -2.48. The number of aliphatic hydroxyl groups is 1. The van der Waals surface area contributed by atoms with Gasteiger partial charge in [-0.2, -0.15) is 0 Å². The lowest BCUT2D eigenvalue weighted by molar-refractivity contribution is -0.0614. The van der Waals surface area contributed by atoms with Gasteiger partial charge in [-0.1, -0.05) is 18.6 Å². The molecule has 0 amide bonds. The smallest absolute Gasteiger partial charge is 0.0540 e. The van der Waals surface area contributed by atoms with Crippen LogP contribution < -0.4 is 0 Å². The number of allylic oxidation sites excluding steroid dienone is 2. The maximum atomic E-state index is 10.1. The van der Waals surface area contributed by atoms with Crippen LogP contribution in [0.15, 0.2) is 11.6 Å². The highest BCUT2D eigenvalue weighted by Crippen LogP contribution is 2.64. The Kier molecular flexibility index (Phi) is 4.15. The van der Waals surface area contributed by atoms with Gasteiger partial charge in [-0.3, -0.25) is 0 Å². The SMILES string of the molecule is C/C=C1/CC[C@H]2[C@@H]3CC[C@H]4CCC(C(C)O)C[C@@H]4[C@H]3CC[C@]12C. The summed E-state index contributed by atoms with van der Waals surface area (Å²) < 4.78 is 0. The molecule has 1 N–H and O–H groups in total. The normalized spacial score (nSPS) is 52.6. The van der Waals surface area contributed by atoms with Gasteiger partial charge in [0, 0.05) is 0 Å². The van der Waals surface area contributed by atoms with E-state index in [2.05, 4.69) is 19.9 Å². The lowest BCUT2D eigenvalue weighted by atomic mass is 9.49. The predicted molar refractivity (Wildman–Crippen MR) is 96.0 cm³/mol. The zero-order valence-corrected chi connectivity index (χ0v) is 15.4. The topological polar surface area (TPSA) is 20.2 Å². The van der Waals surface area contributed by atoms with Crippen molar-refractivity contribution in [2.75, 3.05) is 0 Å². The minimum atomic E-state index is -0.0914. The van der Waals surface area contributed by atoms with Gasteiger partial charge in [0.15, 0.2) is 0 Å². The Bertz CT molecular complexity index is 478. The van der Waals surface area contributed by atoms with Crippen molar-refractivity contribution in [3.05, 3.63) is 11.6 Å². The Morgan fingerprint density at radius 2 is 1.83 bits per heavy atom. The summed E-state index contributed by atoms with van der Waals surface area (Å²) in [7, 11) is 0. The van der Waals surface area contributed by atoms with E-state index in [0.717, 1.165) is 29.6 Å². The Balaban J connectivity index is 1.56. The quantitative estimate of drug-likeness (QED) is 0.626. The molecule has 4 rings (SSSR count). The van der Waals surface area contributed by atoms with Gasteiger partial charge in [0.2, 0.25) is 0 Å². The predicted octanol–water partition coefficient (Wildman–Crippen LogP) is 5.58. The van der Waals surface area contributed by atoms with Crippen molar-refractivity contribution in [3.8, 4) is 0 Å². The molecule has 0 saturated heterocycles. The lowest BCUT2D eigenvalue weighted by Gasteiger charge is -2.56. The largest absolute Gasteiger partial charge is 0.393 e. The van der Waals surface area contributed by atoms with Crippen molar-refractivity contribution in [1.82, 2.24) is 0 Å². The number of hydrogen-bond acceptors (Lipinski definition) is 1. The van der Waals surface area contributed by atoms with Crippen LogP contribution in [0.1, 0.15) is 78.6 Å².